The van der Waals surface area contributed by atoms with Crippen LogP contribution in [-0.4, -0.2) is 37.0 Å². The number of halogens is 1. The van der Waals surface area contributed by atoms with E-state index >= 15 is 0 Å². The number of amides is 1. The van der Waals surface area contributed by atoms with Gasteiger partial charge < -0.3 is 9.80 Å². The monoisotopic (exact) mass is 384 g/mol. The summed E-state index contributed by atoms with van der Waals surface area (Å²) in [6.07, 6.45) is 3.93. The molecule has 1 aliphatic heterocycles. The van der Waals surface area contributed by atoms with Crippen LogP contribution in [0.25, 0.3) is 0 Å². The summed E-state index contributed by atoms with van der Waals surface area (Å²) in [7, 11) is 0. The molecule has 1 amide bonds. The molecule has 0 aromatic heterocycles. The average molecular weight is 385 g/mol. The van der Waals surface area contributed by atoms with Gasteiger partial charge in [0.25, 0.3) is 0 Å². The highest BCUT2D eigenvalue weighted by Crippen LogP contribution is 2.24. The summed E-state index contributed by atoms with van der Waals surface area (Å²) in [6, 6.07) is 18.3. The molecule has 2 aromatic carbocycles. The minimum Gasteiger partial charge on any atom is -0.312 e. The third-order valence-electron chi connectivity index (χ3n) is 5.45. The minimum absolute atomic E-state index is 0.184. The summed E-state index contributed by atoms with van der Waals surface area (Å²) in [6.45, 7) is 6.09. The van der Waals surface area contributed by atoms with Crippen LogP contribution in [0.1, 0.15) is 31.7 Å². The SMILES string of the molecule is CCC(=O)N(CC1CCN(CCc2ccccc2)CC1)c1ccc(Cl)cc1. The Balaban J connectivity index is 1.51. The molecule has 2 aromatic rings. The molecule has 0 bridgehead atoms. The van der Waals surface area contributed by atoms with Crippen LogP contribution in [0, 0.1) is 5.92 Å². The first kappa shape index (κ1) is 19.9. The summed E-state index contributed by atoms with van der Waals surface area (Å²) in [5, 5.41) is 0.703. The molecule has 27 heavy (non-hydrogen) atoms. The number of rotatable bonds is 7. The first-order valence-electron chi connectivity index (χ1n) is 9.98. The first-order valence-corrected chi connectivity index (χ1v) is 10.4. The third-order valence-corrected chi connectivity index (χ3v) is 5.70. The number of piperidine rings is 1. The molecule has 1 fully saturated rings. The van der Waals surface area contributed by atoms with Crippen LogP contribution in [-0.2, 0) is 11.2 Å². The number of nitrogens with zero attached hydrogens (tertiary/aromatic N) is 2. The molecule has 1 saturated heterocycles. The van der Waals surface area contributed by atoms with Crippen molar-refractivity contribution >= 4 is 23.2 Å². The van der Waals surface area contributed by atoms with Crippen molar-refractivity contribution in [2.45, 2.75) is 32.6 Å². The van der Waals surface area contributed by atoms with Crippen LogP contribution in [0.5, 0.6) is 0 Å². The van der Waals surface area contributed by atoms with Crippen LogP contribution < -0.4 is 4.90 Å². The van der Waals surface area contributed by atoms with E-state index in [1.807, 2.05) is 36.1 Å². The molecule has 0 N–H and O–H groups in total. The number of likely N-dealkylation sites (tertiary alicyclic amines) is 1. The second kappa shape index (κ2) is 9.91. The zero-order chi connectivity index (χ0) is 19.1. The van der Waals surface area contributed by atoms with E-state index in [0.29, 0.717) is 17.4 Å². The molecular weight excluding hydrogens is 356 g/mol. The molecule has 3 rings (SSSR count). The fourth-order valence-electron chi connectivity index (χ4n) is 3.75. The average Bonchev–Trinajstić information content (AvgIpc) is 2.72. The lowest BCUT2D eigenvalue weighted by atomic mass is 9.95. The van der Waals surface area contributed by atoms with Gasteiger partial charge in [0, 0.05) is 30.2 Å². The van der Waals surface area contributed by atoms with Gasteiger partial charge in [-0.25, -0.2) is 0 Å². The molecule has 1 aliphatic rings. The van der Waals surface area contributed by atoms with Crippen LogP contribution in [0.15, 0.2) is 54.6 Å². The van der Waals surface area contributed by atoms with Gasteiger partial charge in [-0.05, 0) is 68.1 Å². The van der Waals surface area contributed by atoms with Crippen LogP contribution in [0.4, 0.5) is 5.69 Å². The Labute approximate surface area is 167 Å². The molecule has 0 aliphatic carbocycles. The van der Waals surface area contributed by atoms with E-state index in [1.165, 1.54) is 5.56 Å². The highest BCUT2D eigenvalue weighted by atomic mass is 35.5. The lowest BCUT2D eigenvalue weighted by Crippen LogP contribution is -2.41. The van der Waals surface area contributed by atoms with Gasteiger partial charge in [-0.2, -0.15) is 0 Å². The van der Waals surface area contributed by atoms with E-state index in [1.54, 1.807) is 0 Å². The quantitative estimate of drug-likeness (QED) is 0.667. The third kappa shape index (κ3) is 5.82. The Morgan fingerprint density at radius 3 is 2.37 bits per heavy atom. The Bertz CT molecular complexity index is 709. The maximum Gasteiger partial charge on any atom is 0.226 e. The maximum absolute atomic E-state index is 12.5. The number of anilines is 1. The molecule has 0 saturated carbocycles. The lowest BCUT2D eigenvalue weighted by molar-refractivity contribution is -0.118. The van der Waals surface area contributed by atoms with Gasteiger partial charge in [0.05, 0.1) is 0 Å². The largest absolute Gasteiger partial charge is 0.312 e. The second-order valence-corrected chi connectivity index (χ2v) is 7.79. The lowest BCUT2D eigenvalue weighted by Gasteiger charge is -2.35. The Morgan fingerprint density at radius 2 is 1.74 bits per heavy atom. The van der Waals surface area contributed by atoms with Crippen molar-refractivity contribution in [3.63, 3.8) is 0 Å². The van der Waals surface area contributed by atoms with Crippen LogP contribution in [0.2, 0.25) is 5.02 Å². The number of hydrogen-bond donors (Lipinski definition) is 0. The molecule has 144 valence electrons. The predicted octanol–water partition coefficient (Wildman–Crippen LogP) is 5.04. The van der Waals surface area contributed by atoms with Crippen molar-refractivity contribution in [3.8, 4) is 0 Å². The number of carbonyl (C=O) groups is 1. The molecule has 3 nitrogen and oxygen atoms in total. The normalized spacial score (nSPS) is 15.6. The van der Waals surface area contributed by atoms with Crippen LogP contribution >= 0.6 is 11.6 Å². The summed E-state index contributed by atoms with van der Waals surface area (Å²) >= 11 is 6.00. The van der Waals surface area contributed by atoms with Gasteiger partial charge in [-0.15, -0.1) is 0 Å². The van der Waals surface area contributed by atoms with Crippen LogP contribution in [0.3, 0.4) is 0 Å². The summed E-state index contributed by atoms with van der Waals surface area (Å²) in [5.41, 5.74) is 2.36. The van der Waals surface area contributed by atoms with Gasteiger partial charge in [0.2, 0.25) is 5.91 Å². The van der Waals surface area contributed by atoms with E-state index in [2.05, 4.69) is 35.2 Å². The van der Waals surface area contributed by atoms with Crippen molar-refractivity contribution in [2.24, 2.45) is 5.92 Å². The van der Waals surface area contributed by atoms with Gasteiger partial charge >= 0.3 is 0 Å². The molecule has 0 spiro atoms. The topological polar surface area (TPSA) is 23.6 Å². The fourth-order valence-corrected chi connectivity index (χ4v) is 3.87. The van der Waals surface area contributed by atoms with Crippen molar-refractivity contribution in [1.82, 2.24) is 4.90 Å². The summed E-state index contributed by atoms with van der Waals surface area (Å²) in [5.74, 6) is 0.744. The Kier molecular flexibility index (Phi) is 7.31. The highest BCUT2D eigenvalue weighted by molar-refractivity contribution is 6.30. The van der Waals surface area contributed by atoms with Gasteiger partial charge in [0.15, 0.2) is 0 Å². The number of benzene rings is 2. The second-order valence-electron chi connectivity index (χ2n) is 7.35. The van der Waals surface area contributed by atoms with Gasteiger partial charge in [0.1, 0.15) is 0 Å². The van der Waals surface area contributed by atoms with Crippen molar-refractivity contribution in [3.05, 3.63) is 65.2 Å². The van der Waals surface area contributed by atoms with E-state index in [9.17, 15) is 4.79 Å². The maximum atomic E-state index is 12.5. The highest BCUT2D eigenvalue weighted by Gasteiger charge is 2.24. The zero-order valence-electron chi connectivity index (χ0n) is 16.1. The zero-order valence-corrected chi connectivity index (χ0v) is 16.9. The Hall–Kier alpha value is -1.84. The summed E-state index contributed by atoms with van der Waals surface area (Å²) in [4.78, 5) is 17.0. The molecular formula is C23H29ClN2O. The molecule has 0 atom stereocenters. The molecule has 1 heterocycles. The smallest absolute Gasteiger partial charge is 0.226 e. The summed E-state index contributed by atoms with van der Waals surface area (Å²) < 4.78 is 0. The minimum atomic E-state index is 0.184. The number of carbonyl (C=O) groups excluding carboxylic acids is 1. The molecule has 0 unspecified atom stereocenters. The van der Waals surface area contributed by atoms with Crippen molar-refractivity contribution in [2.75, 3.05) is 31.1 Å². The van der Waals surface area contributed by atoms with Gasteiger partial charge in [-0.1, -0.05) is 48.9 Å². The standard InChI is InChI=1S/C23H29ClN2O/c1-2-23(27)26(22-10-8-21(24)9-11-22)18-20-13-16-25(17-14-20)15-12-19-6-4-3-5-7-19/h3-11,20H,2,12-18H2,1H3. The van der Waals surface area contributed by atoms with E-state index < -0.39 is 0 Å². The first-order chi connectivity index (χ1) is 13.2. The predicted molar refractivity (Wildman–Crippen MR) is 113 cm³/mol. The van der Waals surface area contributed by atoms with E-state index in [0.717, 1.165) is 51.1 Å². The fraction of sp³-hybridized carbons (Fsp3) is 0.435. The van der Waals surface area contributed by atoms with Crippen molar-refractivity contribution in [1.29, 1.82) is 0 Å². The molecule has 0 radical (unpaired) electrons. The van der Waals surface area contributed by atoms with Gasteiger partial charge in [-0.3, -0.25) is 4.79 Å². The van der Waals surface area contributed by atoms with E-state index in [-0.39, 0.29) is 5.91 Å². The molecule has 4 heteroatoms. The Morgan fingerprint density at radius 1 is 1.07 bits per heavy atom. The van der Waals surface area contributed by atoms with E-state index in [4.69, 9.17) is 11.6 Å². The number of hydrogen-bond acceptors (Lipinski definition) is 2. The van der Waals surface area contributed by atoms with Crippen molar-refractivity contribution < 1.29 is 4.79 Å².